The third-order valence-corrected chi connectivity index (χ3v) is 3.02. The predicted octanol–water partition coefficient (Wildman–Crippen LogP) is 2.82. The molecule has 0 fully saturated rings. The average molecular weight is 288 g/mol. The summed E-state index contributed by atoms with van der Waals surface area (Å²) in [4.78, 5) is 11.3. The Bertz CT molecular complexity index is 330. The molecule has 0 aliphatic heterocycles. The van der Waals surface area contributed by atoms with E-state index in [1.54, 1.807) is 11.8 Å². The number of thioether (sulfide) groups is 1. The summed E-state index contributed by atoms with van der Waals surface area (Å²) in [5, 5.41) is 2.89. The van der Waals surface area contributed by atoms with E-state index in [9.17, 15) is 4.79 Å². The Morgan fingerprint density at radius 1 is 1.53 bits per heavy atom. The van der Waals surface area contributed by atoms with Gasteiger partial charge >= 0.3 is 0 Å². The minimum Gasteiger partial charge on any atom is -0.352 e. The molecule has 15 heavy (non-hydrogen) atoms. The zero-order chi connectivity index (χ0) is 11.1. The van der Waals surface area contributed by atoms with Crippen LogP contribution in [0.4, 0.5) is 0 Å². The molecule has 0 aliphatic rings. The first-order chi connectivity index (χ1) is 7.22. The second-order valence-electron chi connectivity index (χ2n) is 3.15. The van der Waals surface area contributed by atoms with E-state index in [-0.39, 0.29) is 5.91 Å². The van der Waals surface area contributed by atoms with Gasteiger partial charge in [-0.05, 0) is 24.0 Å². The van der Waals surface area contributed by atoms with Crippen molar-refractivity contribution in [2.45, 2.75) is 13.0 Å². The summed E-state index contributed by atoms with van der Waals surface area (Å²) in [7, 11) is 0. The van der Waals surface area contributed by atoms with Gasteiger partial charge in [0.15, 0.2) is 0 Å². The lowest BCUT2D eigenvalue weighted by molar-refractivity contribution is -0.120. The Hall–Kier alpha value is -0.480. The maximum Gasteiger partial charge on any atom is 0.221 e. The number of hydrogen-bond acceptors (Lipinski definition) is 2. The summed E-state index contributed by atoms with van der Waals surface area (Å²) >= 11 is 5.08. The van der Waals surface area contributed by atoms with E-state index in [0.717, 1.165) is 15.8 Å². The molecule has 0 bridgehead atoms. The summed E-state index contributed by atoms with van der Waals surface area (Å²) < 4.78 is 1.04. The first-order valence-corrected chi connectivity index (χ1v) is 6.91. The fraction of sp³-hybridized carbons (Fsp3) is 0.364. The average Bonchev–Trinajstić information content (AvgIpc) is 2.23. The van der Waals surface area contributed by atoms with E-state index in [1.165, 1.54) is 0 Å². The fourth-order valence-corrected chi connectivity index (χ4v) is 1.97. The molecule has 1 aromatic carbocycles. The number of nitrogens with one attached hydrogen (secondary N) is 1. The van der Waals surface area contributed by atoms with Crippen LogP contribution in [0.2, 0.25) is 0 Å². The minimum atomic E-state index is 0.115. The van der Waals surface area contributed by atoms with E-state index in [0.29, 0.717) is 13.0 Å². The molecule has 1 rings (SSSR count). The summed E-state index contributed by atoms with van der Waals surface area (Å²) in [6.07, 6.45) is 2.59. The lowest BCUT2D eigenvalue weighted by Crippen LogP contribution is -2.22. The van der Waals surface area contributed by atoms with Crippen molar-refractivity contribution < 1.29 is 4.79 Å². The van der Waals surface area contributed by atoms with Crippen LogP contribution >= 0.6 is 27.7 Å². The molecule has 0 spiro atoms. The highest BCUT2D eigenvalue weighted by molar-refractivity contribution is 9.10. The number of carbonyl (C=O) groups excluding carboxylic acids is 1. The SMILES string of the molecule is CSCCC(=O)NCc1cccc(Br)c1. The highest BCUT2D eigenvalue weighted by Crippen LogP contribution is 2.11. The molecule has 0 aromatic heterocycles. The maximum atomic E-state index is 11.3. The molecule has 0 heterocycles. The van der Waals surface area contributed by atoms with Gasteiger partial charge in [0.1, 0.15) is 0 Å². The van der Waals surface area contributed by atoms with Crippen molar-refractivity contribution in [3.05, 3.63) is 34.3 Å². The Morgan fingerprint density at radius 2 is 2.33 bits per heavy atom. The third kappa shape index (κ3) is 5.23. The molecule has 1 amide bonds. The normalized spacial score (nSPS) is 10.0. The Morgan fingerprint density at radius 3 is 3.00 bits per heavy atom. The van der Waals surface area contributed by atoms with Crippen LogP contribution < -0.4 is 5.32 Å². The second kappa shape index (κ2) is 6.90. The van der Waals surface area contributed by atoms with E-state index >= 15 is 0 Å². The van der Waals surface area contributed by atoms with E-state index in [1.807, 2.05) is 30.5 Å². The lowest BCUT2D eigenvalue weighted by atomic mass is 10.2. The van der Waals surface area contributed by atoms with Gasteiger partial charge < -0.3 is 5.32 Å². The number of rotatable bonds is 5. The Balaban J connectivity index is 2.33. The quantitative estimate of drug-likeness (QED) is 0.902. The number of benzene rings is 1. The first kappa shape index (κ1) is 12.6. The molecule has 0 aliphatic carbocycles. The van der Waals surface area contributed by atoms with Crippen LogP contribution in [-0.2, 0) is 11.3 Å². The molecule has 2 nitrogen and oxygen atoms in total. The van der Waals surface area contributed by atoms with Crippen LogP contribution in [0.3, 0.4) is 0 Å². The smallest absolute Gasteiger partial charge is 0.221 e. The van der Waals surface area contributed by atoms with Gasteiger partial charge in [-0.1, -0.05) is 28.1 Å². The molecule has 1 aromatic rings. The standard InChI is InChI=1S/C11H14BrNOS/c1-15-6-5-11(14)13-8-9-3-2-4-10(12)7-9/h2-4,7H,5-6,8H2,1H3,(H,13,14). The molecule has 0 saturated carbocycles. The largest absolute Gasteiger partial charge is 0.352 e. The Labute approximate surface area is 103 Å². The zero-order valence-corrected chi connectivity index (χ0v) is 11.0. The van der Waals surface area contributed by atoms with Gasteiger partial charge in [-0.25, -0.2) is 0 Å². The Kier molecular flexibility index (Phi) is 5.79. The van der Waals surface area contributed by atoms with Crippen LogP contribution in [0.25, 0.3) is 0 Å². The molecular weight excluding hydrogens is 274 g/mol. The van der Waals surface area contributed by atoms with E-state index in [2.05, 4.69) is 21.2 Å². The van der Waals surface area contributed by atoms with E-state index < -0.39 is 0 Å². The molecule has 0 saturated heterocycles. The molecule has 82 valence electrons. The summed E-state index contributed by atoms with van der Waals surface area (Å²) in [5.74, 6) is 0.994. The van der Waals surface area contributed by atoms with Gasteiger partial charge in [-0.2, -0.15) is 11.8 Å². The number of halogens is 1. The van der Waals surface area contributed by atoms with Crippen molar-refractivity contribution in [1.82, 2.24) is 5.32 Å². The van der Waals surface area contributed by atoms with Crippen molar-refractivity contribution in [2.24, 2.45) is 0 Å². The van der Waals surface area contributed by atoms with Crippen LogP contribution in [0.1, 0.15) is 12.0 Å². The first-order valence-electron chi connectivity index (χ1n) is 4.72. The topological polar surface area (TPSA) is 29.1 Å². The number of carbonyl (C=O) groups is 1. The van der Waals surface area contributed by atoms with E-state index in [4.69, 9.17) is 0 Å². The molecule has 1 N–H and O–H groups in total. The molecule has 4 heteroatoms. The van der Waals surface area contributed by atoms with Gasteiger partial charge in [0.2, 0.25) is 5.91 Å². The summed E-state index contributed by atoms with van der Waals surface area (Å²) in [6, 6.07) is 7.95. The second-order valence-corrected chi connectivity index (χ2v) is 5.05. The van der Waals surface area contributed by atoms with Crippen LogP contribution in [0.5, 0.6) is 0 Å². The van der Waals surface area contributed by atoms with Crippen molar-refractivity contribution in [3.63, 3.8) is 0 Å². The van der Waals surface area contributed by atoms with Crippen molar-refractivity contribution in [2.75, 3.05) is 12.0 Å². The highest BCUT2D eigenvalue weighted by Gasteiger charge is 2.00. The van der Waals surface area contributed by atoms with Gasteiger partial charge in [0.05, 0.1) is 0 Å². The zero-order valence-electron chi connectivity index (χ0n) is 8.63. The summed E-state index contributed by atoms with van der Waals surface area (Å²) in [5.41, 5.74) is 1.11. The van der Waals surface area contributed by atoms with Crippen LogP contribution in [0, 0.1) is 0 Å². The van der Waals surface area contributed by atoms with Crippen LogP contribution in [0.15, 0.2) is 28.7 Å². The molecule has 0 unspecified atom stereocenters. The van der Waals surface area contributed by atoms with Gasteiger partial charge in [-0.3, -0.25) is 4.79 Å². The van der Waals surface area contributed by atoms with Gasteiger partial charge in [0.25, 0.3) is 0 Å². The van der Waals surface area contributed by atoms with Gasteiger partial charge in [-0.15, -0.1) is 0 Å². The minimum absolute atomic E-state index is 0.115. The fourth-order valence-electron chi connectivity index (χ4n) is 1.13. The number of amides is 1. The van der Waals surface area contributed by atoms with Gasteiger partial charge in [0, 0.05) is 23.2 Å². The predicted molar refractivity (Wildman–Crippen MR) is 69.0 cm³/mol. The monoisotopic (exact) mass is 287 g/mol. The van der Waals surface area contributed by atoms with Crippen LogP contribution in [-0.4, -0.2) is 17.9 Å². The van der Waals surface area contributed by atoms with Crippen molar-refractivity contribution in [1.29, 1.82) is 0 Å². The molecule has 0 atom stereocenters. The van der Waals surface area contributed by atoms with Crippen molar-refractivity contribution in [3.8, 4) is 0 Å². The highest BCUT2D eigenvalue weighted by atomic mass is 79.9. The maximum absolute atomic E-state index is 11.3. The third-order valence-electron chi connectivity index (χ3n) is 1.91. The van der Waals surface area contributed by atoms with Crippen molar-refractivity contribution >= 4 is 33.6 Å². The lowest BCUT2D eigenvalue weighted by Gasteiger charge is -2.04. The number of hydrogen-bond donors (Lipinski definition) is 1. The molecular formula is C11H14BrNOS. The summed E-state index contributed by atoms with van der Waals surface area (Å²) in [6.45, 7) is 0.604. The molecule has 0 radical (unpaired) electrons.